The molecular weight excluding hydrogens is 340 g/mol. The van der Waals surface area contributed by atoms with E-state index >= 15 is 0 Å². The Hall–Kier alpha value is -0.300. The fraction of sp³-hybridized carbons (Fsp3) is 0.926. The zero-order valence-electron chi connectivity index (χ0n) is 19.3. The highest BCUT2D eigenvalue weighted by Gasteiger charge is 2.59. The van der Waals surface area contributed by atoms with Gasteiger partial charge in [0.05, 0.1) is 6.10 Å². The van der Waals surface area contributed by atoms with Crippen LogP contribution in [-0.4, -0.2) is 11.2 Å². The molecule has 0 heterocycles. The molecule has 4 aliphatic rings. The summed E-state index contributed by atoms with van der Waals surface area (Å²) in [5.74, 6) is 5.46. The smallest absolute Gasteiger partial charge is 0.0577 e. The standard InChI is InChI=1S/C27H46O/c1-18(2)7-6-8-19(3)23-11-12-24-22-10-9-20-17-21(28)13-15-26(20,4)25(22)14-16-27(23,24)5/h9,18-19,21-25,28H,6-8,10-17H2,1-5H3/t19-,21+,22?,23-,24?,25?,26+,27-/m0/s1. The largest absolute Gasteiger partial charge is 0.393 e. The SMILES string of the molecule is CC(C)CCC[C@H](C)[C@@H]1CCC2C3CC=C4C[C@H](O)CC[C@@]4(C)C3CC[C@]21C. The van der Waals surface area contributed by atoms with Gasteiger partial charge in [0.25, 0.3) is 0 Å². The predicted octanol–water partition coefficient (Wildman–Crippen LogP) is 7.39. The van der Waals surface area contributed by atoms with E-state index in [0.29, 0.717) is 10.8 Å². The third kappa shape index (κ3) is 3.42. The zero-order chi connectivity index (χ0) is 20.1. The van der Waals surface area contributed by atoms with E-state index in [4.69, 9.17) is 0 Å². The fourth-order valence-corrected chi connectivity index (χ4v) is 8.67. The Bertz CT molecular complexity index is 591. The molecule has 8 atom stereocenters. The number of hydrogen-bond acceptors (Lipinski definition) is 1. The first-order valence-corrected chi connectivity index (χ1v) is 12.6. The average Bonchev–Trinajstić information content (AvgIpc) is 2.99. The van der Waals surface area contributed by atoms with Gasteiger partial charge < -0.3 is 5.11 Å². The maximum absolute atomic E-state index is 10.2. The second kappa shape index (κ2) is 7.75. The summed E-state index contributed by atoms with van der Waals surface area (Å²) < 4.78 is 0. The van der Waals surface area contributed by atoms with Crippen LogP contribution in [-0.2, 0) is 0 Å². The first kappa shape index (κ1) is 21.0. The van der Waals surface area contributed by atoms with E-state index in [0.717, 1.165) is 48.3 Å². The molecule has 1 nitrogen and oxygen atoms in total. The number of fused-ring (bicyclic) bond motifs is 5. The molecule has 0 saturated heterocycles. The highest BCUT2D eigenvalue weighted by Crippen LogP contribution is 2.67. The van der Waals surface area contributed by atoms with Crippen LogP contribution in [0.2, 0.25) is 0 Å². The van der Waals surface area contributed by atoms with Gasteiger partial charge in [0.1, 0.15) is 0 Å². The monoisotopic (exact) mass is 386 g/mol. The van der Waals surface area contributed by atoms with Crippen molar-refractivity contribution >= 4 is 0 Å². The number of rotatable bonds is 5. The van der Waals surface area contributed by atoms with Crippen LogP contribution in [0.5, 0.6) is 0 Å². The van der Waals surface area contributed by atoms with E-state index < -0.39 is 0 Å². The van der Waals surface area contributed by atoms with Crippen molar-refractivity contribution in [3.8, 4) is 0 Å². The molecule has 4 aliphatic carbocycles. The second-order valence-electron chi connectivity index (χ2n) is 12.2. The zero-order valence-corrected chi connectivity index (χ0v) is 19.3. The highest BCUT2D eigenvalue weighted by atomic mass is 16.3. The van der Waals surface area contributed by atoms with Gasteiger partial charge in [-0.05, 0) is 97.7 Å². The topological polar surface area (TPSA) is 20.2 Å². The van der Waals surface area contributed by atoms with Crippen LogP contribution in [0, 0.1) is 46.3 Å². The summed E-state index contributed by atoms with van der Waals surface area (Å²) in [4.78, 5) is 0. The van der Waals surface area contributed by atoms with E-state index in [-0.39, 0.29) is 6.10 Å². The highest BCUT2D eigenvalue weighted by molar-refractivity contribution is 5.25. The summed E-state index contributed by atoms with van der Waals surface area (Å²) >= 11 is 0. The van der Waals surface area contributed by atoms with Crippen LogP contribution in [0.3, 0.4) is 0 Å². The van der Waals surface area contributed by atoms with Crippen molar-refractivity contribution in [3.05, 3.63) is 11.6 Å². The molecule has 0 aromatic carbocycles. The second-order valence-corrected chi connectivity index (χ2v) is 12.2. The van der Waals surface area contributed by atoms with Crippen LogP contribution in [0.25, 0.3) is 0 Å². The molecular formula is C27H46O. The summed E-state index contributed by atoms with van der Waals surface area (Å²) in [6, 6.07) is 0. The van der Waals surface area contributed by atoms with Crippen molar-refractivity contribution in [1.29, 1.82) is 0 Å². The molecule has 3 unspecified atom stereocenters. The summed E-state index contributed by atoms with van der Waals surface area (Å²) in [7, 11) is 0. The lowest BCUT2D eigenvalue weighted by Gasteiger charge is -2.58. The first-order chi connectivity index (χ1) is 13.3. The lowest BCUT2D eigenvalue weighted by Crippen LogP contribution is -2.50. The van der Waals surface area contributed by atoms with Crippen LogP contribution >= 0.6 is 0 Å². The average molecular weight is 387 g/mol. The summed E-state index contributed by atoms with van der Waals surface area (Å²) in [6.45, 7) is 12.6. The molecule has 4 rings (SSSR count). The molecule has 160 valence electrons. The van der Waals surface area contributed by atoms with Gasteiger partial charge >= 0.3 is 0 Å². The maximum Gasteiger partial charge on any atom is 0.0577 e. The maximum atomic E-state index is 10.2. The molecule has 3 saturated carbocycles. The van der Waals surface area contributed by atoms with Gasteiger partial charge in [0.2, 0.25) is 0 Å². The van der Waals surface area contributed by atoms with Gasteiger partial charge in [0, 0.05) is 0 Å². The lowest BCUT2D eigenvalue weighted by molar-refractivity contribution is -0.0573. The van der Waals surface area contributed by atoms with E-state index in [2.05, 4.69) is 40.7 Å². The molecule has 0 spiro atoms. The van der Waals surface area contributed by atoms with Crippen molar-refractivity contribution < 1.29 is 5.11 Å². The number of hydrogen-bond donors (Lipinski definition) is 1. The van der Waals surface area contributed by atoms with Crippen molar-refractivity contribution in [2.45, 2.75) is 111 Å². The van der Waals surface area contributed by atoms with Crippen molar-refractivity contribution in [3.63, 3.8) is 0 Å². The van der Waals surface area contributed by atoms with E-state index in [1.165, 1.54) is 57.8 Å². The van der Waals surface area contributed by atoms with Crippen LogP contribution < -0.4 is 0 Å². The Morgan fingerprint density at radius 3 is 2.54 bits per heavy atom. The minimum absolute atomic E-state index is 0.0766. The summed E-state index contributed by atoms with van der Waals surface area (Å²) in [5.41, 5.74) is 2.60. The number of aliphatic hydroxyl groups excluding tert-OH is 1. The molecule has 0 aliphatic heterocycles. The molecule has 0 radical (unpaired) electrons. The lowest BCUT2D eigenvalue weighted by atomic mass is 9.47. The minimum Gasteiger partial charge on any atom is -0.393 e. The molecule has 28 heavy (non-hydrogen) atoms. The van der Waals surface area contributed by atoms with Crippen LogP contribution in [0.1, 0.15) is 105 Å². The quantitative estimate of drug-likeness (QED) is 0.488. The van der Waals surface area contributed by atoms with Gasteiger partial charge in [0.15, 0.2) is 0 Å². The fourth-order valence-electron chi connectivity index (χ4n) is 8.67. The van der Waals surface area contributed by atoms with Gasteiger partial charge in [-0.2, -0.15) is 0 Å². The Morgan fingerprint density at radius 1 is 1.00 bits per heavy atom. The first-order valence-electron chi connectivity index (χ1n) is 12.6. The van der Waals surface area contributed by atoms with E-state index in [1.54, 1.807) is 5.57 Å². The van der Waals surface area contributed by atoms with Gasteiger partial charge in [-0.15, -0.1) is 0 Å². The Kier molecular flexibility index (Phi) is 5.80. The van der Waals surface area contributed by atoms with Crippen LogP contribution in [0.15, 0.2) is 11.6 Å². The minimum atomic E-state index is -0.0766. The van der Waals surface area contributed by atoms with Crippen molar-refractivity contribution in [1.82, 2.24) is 0 Å². The normalized spacial score (nSPS) is 46.5. The molecule has 1 heteroatoms. The summed E-state index contributed by atoms with van der Waals surface area (Å²) in [5, 5.41) is 10.2. The Labute approximate surface area is 174 Å². The van der Waals surface area contributed by atoms with E-state index in [1.807, 2.05) is 0 Å². The van der Waals surface area contributed by atoms with Crippen molar-refractivity contribution in [2.75, 3.05) is 0 Å². The predicted molar refractivity (Wildman–Crippen MR) is 119 cm³/mol. The number of aliphatic hydroxyl groups is 1. The molecule has 1 N–H and O–H groups in total. The molecule has 0 bridgehead atoms. The van der Waals surface area contributed by atoms with Gasteiger partial charge in [-0.3, -0.25) is 0 Å². The van der Waals surface area contributed by atoms with Crippen LogP contribution in [0.4, 0.5) is 0 Å². The third-order valence-electron chi connectivity index (χ3n) is 10.3. The summed E-state index contributed by atoms with van der Waals surface area (Å²) in [6.07, 6.45) is 17.2. The van der Waals surface area contributed by atoms with Gasteiger partial charge in [-0.25, -0.2) is 0 Å². The Morgan fingerprint density at radius 2 is 1.79 bits per heavy atom. The van der Waals surface area contributed by atoms with Gasteiger partial charge in [-0.1, -0.05) is 65.5 Å². The molecule has 3 fully saturated rings. The van der Waals surface area contributed by atoms with Crippen molar-refractivity contribution in [2.24, 2.45) is 46.3 Å². The molecule has 0 aromatic heterocycles. The molecule has 0 aromatic rings. The number of allylic oxidation sites excluding steroid dienone is 1. The Balaban J connectivity index is 1.49. The van der Waals surface area contributed by atoms with E-state index in [9.17, 15) is 5.11 Å². The molecule has 0 amide bonds. The third-order valence-corrected chi connectivity index (χ3v) is 10.3.